The number of hydrogen-bond acceptors (Lipinski definition) is 5. The van der Waals surface area contributed by atoms with Crippen molar-refractivity contribution in [3.63, 3.8) is 0 Å². The van der Waals surface area contributed by atoms with Gasteiger partial charge in [-0.3, -0.25) is 19.1 Å². The molecule has 3 rings (SSSR count). The van der Waals surface area contributed by atoms with Crippen LogP contribution in [0.4, 0.5) is 13.2 Å². The molecule has 3 fully saturated rings. The smallest absolute Gasteiger partial charge is 0.393 e. The number of carbonyl (C=O) groups is 2. The highest BCUT2D eigenvalue weighted by atomic mass is 31.2. The maximum atomic E-state index is 13.7. The van der Waals surface area contributed by atoms with Crippen molar-refractivity contribution in [1.29, 1.82) is 0 Å². The molecular formula is C14H23F3N3O7P. The number of hydrogen-bond donors (Lipinski definition) is 3. The molecule has 0 aromatic heterocycles. The summed E-state index contributed by atoms with van der Waals surface area (Å²) in [5.74, 6) is -4.00. The first-order valence-corrected chi connectivity index (χ1v) is 10.3. The molecule has 0 spiro atoms. The maximum Gasteiger partial charge on any atom is 0.393 e. The van der Waals surface area contributed by atoms with Gasteiger partial charge in [0.25, 0.3) is 0 Å². The molecule has 5 N–H and O–H groups in total. The molecule has 10 nitrogen and oxygen atoms in total. The molecular weight excluding hydrogens is 410 g/mol. The Morgan fingerprint density at radius 2 is 1.75 bits per heavy atom. The zero-order valence-electron chi connectivity index (χ0n) is 14.8. The number of piperazine rings is 1. The van der Waals surface area contributed by atoms with Crippen LogP contribution in [0.15, 0.2) is 0 Å². The summed E-state index contributed by atoms with van der Waals surface area (Å²) in [6.45, 7) is 1.18. The number of ether oxygens (including phenoxy) is 1. The zero-order valence-corrected chi connectivity index (χ0v) is 15.7. The summed E-state index contributed by atoms with van der Waals surface area (Å²) in [7, 11) is -4.69. The molecule has 1 aliphatic carbocycles. The van der Waals surface area contributed by atoms with Gasteiger partial charge in [0.15, 0.2) is 0 Å². The van der Waals surface area contributed by atoms with Gasteiger partial charge in [-0.05, 0) is 12.8 Å². The average Bonchev–Trinajstić information content (AvgIpc) is 2.57. The van der Waals surface area contributed by atoms with Crippen LogP contribution in [0.1, 0.15) is 12.8 Å². The van der Waals surface area contributed by atoms with E-state index in [-0.39, 0.29) is 25.1 Å². The minimum atomic E-state index is -4.69. The van der Waals surface area contributed by atoms with Gasteiger partial charge in [-0.1, -0.05) is 0 Å². The molecule has 28 heavy (non-hydrogen) atoms. The summed E-state index contributed by atoms with van der Waals surface area (Å²) < 4.78 is 57.6. The zero-order chi connectivity index (χ0) is 20.0. The number of alkyl halides is 3. The fourth-order valence-electron chi connectivity index (χ4n) is 4.21. The van der Waals surface area contributed by atoms with Crippen molar-refractivity contribution in [2.75, 3.05) is 32.6 Å². The van der Waals surface area contributed by atoms with E-state index in [9.17, 15) is 37.1 Å². The van der Waals surface area contributed by atoms with Crippen molar-refractivity contribution in [2.24, 2.45) is 5.92 Å². The number of nitrogens with zero attached hydrogens (tertiary/aromatic N) is 2. The lowest BCUT2D eigenvalue weighted by atomic mass is 9.75. The van der Waals surface area contributed by atoms with Gasteiger partial charge in [-0.15, -0.1) is 0 Å². The number of nitrogens with one attached hydrogen (secondary N) is 1. The van der Waals surface area contributed by atoms with Crippen LogP contribution >= 0.6 is 7.60 Å². The highest BCUT2D eigenvalue weighted by Crippen LogP contribution is 2.44. The van der Waals surface area contributed by atoms with Crippen LogP contribution in [0.3, 0.4) is 0 Å². The molecule has 1 saturated carbocycles. The molecule has 0 aromatic rings. The Bertz CT molecular complexity index is 653. The van der Waals surface area contributed by atoms with Crippen molar-refractivity contribution < 1.29 is 47.3 Å². The van der Waals surface area contributed by atoms with E-state index in [2.05, 4.69) is 5.32 Å². The highest BCUT2D eigenvalue weighted by Gasteiger charge is 2.56. The first kappa shape index (κ1) is 23.0. The Hall–Kier alpha value is -1.24. The predicted octanol–water partition coefficient (Wildman–Crippen LogP) is -1.33. The summed E-state index contributed by atoms with van der Waals surface area (Å²) in [6, 6.07) is -2.88. The molecule has 3 aliphatic rings. The van der Waals surface area contributed by atoms with E-state index in [0.29, 0.717) is 13.1 Å². The van der Waals surface area contributed by atoms with Crippen LogP contribution in [0.25, 0.3) is 0 Å². The number of carbonyl (C=O) groups excluding carboxylic acids is 2. The van der Waals surface area contributed by atoms with E-state index in [1.54, 1.807) is 4.90 Å². The second-order valence-electron chi connectivity index (χ2n) is 7.06. The van der Waals surface area contributed by atoms with Crippen LogP contribution < -0.4 is 5.32 Å². The van der Waals surface area contributed by atoms with Gasteiger partial charge in [0.05, 0.1) is 31.2 Å². The Labute approximate surface area is 158 Å². The predicted molar refractivity (Wildman–Crippen MR) is 88.0 cm³/mol. The third kappa shape index (κ3) is 4.84. The van der Waals surface area contributed by atoms with E-state index in [0.717, 1.165) is 4.90 Å². The van der Waals surface area contributed by atoms with Gasteiger partial charge in [-0.2, -0.15) is 13.2 Å². The summed E-state index contributed by atoms with van der Waals surface area (Å²) in [4.78, 5) is 44.8. The maximum absolute atomic E-state index is 13.7. The number of halogens is 3. The van der Waals surface area contributed by atoms with Gasteiger partial charge in [0.2, 0.25) is 0 Å². The second-order valence-corrected chi connectivity index (χ2v) is 8.68. The standard InChI is InChI=1S/C14H21F3N3O6P.H2O/c15-14(16,17)8-5-9-11(6-10(8)19-1-3-26-4-2-19)20(7-27(23,24)25)13(22)12(21)18-9;/h8-11H,1-7H2,(H,18,21)(H2,23,24,25);1H2. The van der Waals surface area contributed by atoms with Gasteiger partial charge >= 0.3 is 25.6 Å². The van der Waals surface area contributed by atoms with Crippen LogP contribution in [-0.4, -0.2) is 93.8 Å². The molecule has 2 saturated heterocycles. The van der Waals surface area contributed by atoms with E-state index < -0.39 is 62.3 Å². The number of morpholine rings is 1. The number of amides is 2. The second kappa shape index (κ2) is 8.25. The molecule has 2 aliphatic heterocycles. The van der Waals surface area contributed by atoms with Crippen LogP contribution in [0.5, 0.6) is 0 Å². The minimum absolute atomic E-state index is 0. The van der Waals surface area contributed by atoms with E-state index in [1.807, 2.05) is 0 Å². The van der Waals surface area contributed by atoms with Gasteiger partial charge in [0.1, 0.15) is 6.29 Å². The molecule has 4 atom stereocenters. The Morgan fingerprint density at radius 3 is 2.29 bits per heavy atom. The lowest BCUT2D eigenvalue weighted by Gasteiger charge is -2.51. The van der Waals surface area contributed by atoms with Crippen LogP contribution in [-0.2, 0) is 18.9 Å². The normalized spacial score (nSPS) is 32.4. The van der Waals surface area contributed by atoms with E-state index in [4.69, 9.17) is 4.74 Å². The minimum Gasteiger partial charge on any atom is -0.412 e. The van der Waals surface area contributed by atoms with Gasteiger partial charge < -0.3 is 30.2 Å². The Balaban J connectivity index is 0.00000280. The van der Waals surface area contributed by atoms with Crippen molar-refractivity contribution in [1.82, 2.24) is 15.1 Å². The van der Waals surface area contributed by atoms with Crippen molar-refractivity contribution >= 4 is 19.4 Å². The molecule has 2 heterocycles. The fraction of sp³-hybridized carbons (Fsp3) is 0.857. The first-order valence-electron chi connectivity index (χ1n) is 8.52. The van der Waals surface area contributed by atoms with Crippen molar-refractivity contribution in [2.45, 2.75) is 37.1 Å². The molecule has 162 valence electrons. The molecule has 0 bridgehead atoms. The van der Waals surface area contributed by atoms with Gasteiger partial charge in [-0.25, -0.2) is 0 Å². The molecule has 14 heteroatoms. The molecule has 2 amide bonds. The lowest BCUT2D eigenvalue weighted by Crippen LogP contribution is -2.69. The Kier molecular flexibility index (Phi) is 6.79. The lowest BCUT2D eigenvalue weighted by molar-refractivity contribution is -0.210. The average molecular weight is 433 g/mol. The molecule has 4 unspecified atom stereocenters. The number of fused-ring (bicyclic) bond motifs is 1. The van der Waals surface area contributed by atoms with Crippen LogP contribution in [0, 0.1) is 5.92 Å². The summed E-state index contributed by atoms with van der Waals surface area (Å²) in [6.07, 6.45) is -6.09. The fourth-order valence-corrected chi connectivity index (χ4v) is 4.94. The van der Waals surface area contributed by atoms with Gasteiger partial charge in [0, 0.05) is 19.1 Å². The van der Waals surface area contributed by atoms with E-state index >= 15 is 0 Å². The summed E-state index contributed by atoms with van der Waals surface area (Å²) >= 11 is 0. The summed E-state index contributed by atoms with van der Waals surface area (Å²) in [5.41, 5.74) is 0. The Morgan fingerprint density at radius 1 is 1.14 bits per heavy atom. The molecule has 0 aromatic carbocycles. The van der Waals surface area contributed by atoms with Crippen molar-refractivity contribution in [3.8, 4) is 0 Å². The largest absolute Gasteiger partial charge is 0.412 e. The quantitative estimate of drug-likeness (QED) is 0.368. The summed E-state index contributed by atoms with van der Waals surface area (Å²) in [5, 5.41) is 2.28. The van der Waals surface area contributed by atoms with Crippen LogP contribution in [0.2, 0.25) is 0 Å². The SMILES string of the molecule is O.O=C1NC2CC(C(F)(F)F)C(N3CCOCC3)CC2N(CP(=O)(O)O)C1=O. The van der Waals surface area contributed by atoms with E-state index in [1.165, 1.54) is 0 Å². The van der Waals surface area contributed by atoms with Crippen molar-refractivity contribution in [3.05, 3.63) is 0 Å². The monoisotopic (exact) mass is 433 g/mol. The highest BCUT2D eigenvalue weighted by molar-refractivity contribution is 7.51. The molecule has 0 radical (unpaired) electrons. The third-order valence-electron chi connectivity index (χ3n) is 5.36. The first-order chi connectivity index (χ1) is 12.5. The topological polar surface area (TPSA) is 151 Å². The third-order valence-corrected chi connectivity index (χ3v) is 6.04. The number of rotatable bonds is 3.